The topological polar surface area (TPSA) is 60.2 Å². The summed E-state index contributed by atoms with van der Waals surface area (Å²) in [5.41, 5.74) is 0. The lowest BCUT2D eigenvalue weighted by molar-refractivity contribution is 0.199. The van der Waals surface area contributed by atoms with E-state index in [2.05, 4.69) is 15.5 Å². The van der Waals surface area contributed by atoms with E-state index in [1.165, 1.54) is 19.3 Å². The maximum absolute atomic E-state index is 5.38. The molecule has 96 valence electrons. The Morgan fingerprint density at radius 2 is 2.24 bits per heavy atom. The van der Waals surface area contributed by atoms with Crippen LogP contribution in [0, 0.1) is 0 Å². The molecule has 5 heteroatoms. The van der Waals surface area contributed by atoms with Crippen LogP contribution in [0.1, 0.15) is 43.3 Å². The van der Waals surface area contributed by atoms with E-state index >= 15 is 0 Å². The molecule has 0 amide bonds. The van der Waals surface area contributed by atoms with Crippen LogP contribution < -0.4 is 5.32 Å². The van der Waals surface area contributed by atoms with Crippen molar-refractivity contribution >= 4 is 0 Å². The third kappa shape index (κ3) is 3.04. The molecule has 0 aromatic carbocycles. The molecule has 1 aliphatic carbocycles. The highest BCUT2D eigenvalue weighted by Gasteiger charge is 2.29. The molecule has 0 saturated heterocycles. The number of ether oxygens (including phenoxy) is 1. The second-order valence-electron chi connectivity index (χ2n) is 4.58. The van der Waals surface area contributed by atoms with Crippen molar-refractivity contribution in [2.24, 2.45) is 0 Å². The Labute approximate surface area is 102 Å². The van der Waals surface area contributed by atoms with Crippen molar-refractivity contribution in [1.29, 1.82) is 0 Å². The molecule has 0 bridgehead atoms. The SMILES string of the molecule is CNC1CCCCC1c1nc(CCOC)no1. The van der Waals surface area contributed by atoms with Crippen molar-refractivity contribution in [2.75, 3.05) is 20.8 Å². The van der Waals surface area contributed by atoms with Gasteiger partial charge in [0, 0.05) is 19.6 Å². The number of aromatic nitrogens is 2. The number of hydrogen-bond donors (Lipinski definition) is 1. The maximum Gasteiger partial charge on any atom is 0.231 e. The highest BCUT2D eigenvalue weighted by molar-refractivity contribution is 5.01. The first-order valence-corrected chi connectivity index (χ1v) is 6.34. The van der Waals surface area contributed by atoms with Gasteiger partial charge in [0.1, 0.15) is 0 Å². The van der Waals surface area contributed by atoms with Gasteiger partial charge in [0.25, 0.3) is 0 Å². The van der Waals surface area contributed by atoms with Gasteiger partial charge in [-0.3, -0.25) is 0 Å². The zero-order valence-electron chi connectivity index (χ0n) is 10.6. The van der Waals surface area contributed by atoms with Crippen LogP contribution in [-0.2, 0) is 11.2 Å². The van der Waals surface area contributed by atoms with Gasteiger partial charge in [-0.25, -0.2) is 0 Å². The van der Waals surface area contributed by atoms with Crippen molar-refractivity contribution in [2.45, 2.75) is 44.1 Å². The number of nitrogens with one attached hydrogen (secondary N) is 1. The monoisotopic (exact) mass is 239 g/mol. The van der Waals surface area contributed by atoms with Crippen molar-refractivity contribution in [3.05, 3.63) is 11.7 Å². The van der Waals surface area contributed by atoms with Gasteiger partial charge in [0.05, 0.1) is 12.5 Å². The predicted octanol–water partition coefficient (Wildman–Crippen LogP) is 1.50. The first kappa shape index (κ1) is 12.5. The molecule has 1 N–H and O–H groups in total. The van der Waals surface area contributed by atoms with E-state index in [0.717, 1.165) is 24.6 Å². The number of rotatable bonds is 5. The van der Waals surface area contributed by atoms with E-state index in [4.69, 9.17) is 9.26 Å². The lowest BCUT2D eigenvalue weighted by Crippen LogP contribution is -2.34. The Morgan fingerprint density at radius 1 is 1.41 bits per heavy atom. The molecule has 1 aliphatic rings. The molecule has 1 saturated carbocycles. The largest absolute Gasteiger partial charge is 0.384 e. The molecule has 0 spiro atoms. The van der Waals surface area contributed by atoms with Gasteiger partial charge >= 0.3 is 0 Å². The lowest BCUT2D eigenvalue weighted by Gasteiger charge is -2.28. The molecular formula is C12H21N3O2. The average Bonchev–Trinajstić information content (AvgIpc) is 2.85. The van der Waals surface area contributed by atoms with E-state index in [0.29, 0.717) is 18.6 Å². The summed E-state index contributed by atoms with van der Waals surface area (Å²) >= 11 is 0. The minimum atomic E-state index is 0.373. The Balaban J connectivity index is 2.02. The van der Waals surface area contributed by atoms with E-state index < -0.39 is 0 Å². The fourth-order valence-electron chi connectivity index (χ4n) is 2.48. The molecule has 2 unspecified atom stereocenters. The average molecular weight is 239 g/mol. The summed E-state index contributed by atoms with van der Waals surface area (Å²) in [6, 6.07) is 0.472. The van der Waals surface area contributed by atoms with Gasteiger partial charge in [-0.05, 0) is 19.9 Å². The van der Waals surface area contributed by atoms with Crippen LogP contribution >= 0.6 is 0 Å². The van der Waals surface area contributed by atoms with Crippen LogP contribution in [0.3, 0.4) is 0 Å². The Hall–Kier alpha value is -0.940. The standard InChI is InChI=1S/C12H21N3O2/c1-13-10-6-4-3-5-9(10)12-14-11(15-17-12)7-8-16-2/h9-10,13H,3-8H2,1-2H3. The van der Waals surface area contributed by atoms with Gasteiger partial charge in [-0.1, -0.05) is 18.0 Å². The number of likely N-dealkylation sites (N-methyl/N-ethyl adjacent to an activating group) is 1. The lowest BCUT2D eigenvalue weighted by atomic mass is 9.84. The highest BCUT2D eigenvalue weighted by atomic mass is 16.5. The summed E-state index contributed by atoms with van der Waals surface area (Å²) in [6.07, 6.45) is 5.58. The van der Waals surface area contributed by atoms with Crippen LogP contribution in [0.5, 0.6) is 0 Å². The van der Waals surface area contributed by atoms with Gasteiger partial charge in [0.15, 0.2) is 5.82 Å². The van der Waals surface area contributed by atoms with Crippen LogP contribution in [0.15, 0.2) is 4.52 Å². The fourth-order valence-corrected chi connectivity index (χ4v) is 2.48. The van der Waals surface area contributed by atoms with Crippen molar-refractivity contribution < 1.29 is 9.26 Å². The van der Waals surface area contributed by atoms with E-state index in [-0.39, 0.29) is 0 Å². The van der Waals surface area contributed by atoms with Gasteiger partial charge in [-0.15, -0.1) is 0 Å². The zero-order valence-corrected chi connectivity index (χ0v) is 10.6. The van der Waals surface area contributed by atoms with Gasteiger partial charge in [-0.2, -0.15) is 4.98 Å². The highest BCUT2D eigenvalue weighted by Crippen LogP contribution is 2.31. The van der Waals surface area contributed by atoms with Crippen LogP contribution in [0.4, 0.5) is 0 Å². The van der Waals surface area contributed by atoms with E-state index in [1.807, 2.05) is 7.05 Å². The molecule has 2 atom stereocenters. The second-order valence-corrected chi connectivity index (χ2v) is 4.58. The van der Waals surface area contributed by atoms with Crippen LogP contribution in [0.2, 0.25) is 0 Å². The number of hydrogen-bond acceptors (Lipinski definition) is 5. The summed E-state index contributed by atoms with van der Waals surface area (Å²) in [5, 5.41) is 7.36. The molecule has 5 nitrogen and oxygen atoms in total. The Bertz CT molecular complexity index is 340. The minimum Gasteiger partial charge on any atom is -0.384 e. The quantitative estimate of drug-likeness (QED) is 0.844. The Morgan fingerprint density at radius 3 is 3.00 bits per heavy atom. The molecule has 1 aromatic heterocycles. The summed E-state index contributed by atoms with van der Waals surface area (Å²) in [4.78, 5) is 4.47. The smallest absolute Gasteiger partial charge is 0.231 e. The van der Waals surface area contributed by atoms with Crippen LogP contribution in [-0.4, -0.2) is 36.9 Å². The third-order valence-electron chi connectivity index (χ3n) is 3.47. The molecule has 1 aromatic rings. The summed E-state index contributed by atoms with van der Waals surface area (Å²) in [7, 11) is 3.68. The van der Waals surface area contributed by atoms with Crippen molar-refractivity contribution in [3.63, 3.8) is 0 Å². The van der Waals surface area contributed by atoms with Crippen molar-refractivity contribution in [3.8, 4) is 0 Å². The molecule has 0 aliphatic heterocycles. The summed E-state index contributed by atoms with van der Waals surface area (Å²) in [6.45, 7) is 0.638. The fraction of sp³-hybridized carbons (Fsp3) is 0.833. The summed E-state index contributed by atoms with van der Waals surface area (Å²) < 4.78 is 10.4. The molecule has 1 heterocycles. The van der Waals surface area contributed by atoms with Crippen molar-refractivity contribution in [1.82, 2.24) is 15.5 Å². The Kier molecular flexibility index (Phi) is 4.50. The van der Waals surface area contributed by atoms with Gasteiger partial charge in [0.2, 0.25) is 5.89 Å². The second kappa shape index (κ2) is 6.12. The minimum absolute atomic E-state index is 0.373. The molecule has 17 heavy (non-hydrogen) atoms. The van der Waals surface area contributed by atoms with Gasteiger partial charge < -0.3 is 14.6 Å². The first-order chi connectivity index (χ1) is 8.35. The molecule has 1 fully saturated rings. The molecule has 2 rings (SSSR count). The van der Waals surface area contributed by atoms with E-state index in [1.54, 1.807) is 7.11 Å². The predicted molar refractivity (Wildman–Crippen MR) is 63.9 cm³/mol. The zero-order chi connectivity index (χ0) is 12.1. The normalized spacial score (nSPS) is 25.1. The summed E-state index contributed by atoms with van der Waals surface area (Å²) in [5.74, 6) is 1.91. The molecular weight excluding hydrogens is 218 g/mol. The maximum atomic E-state index is 5.38. The van der Waals surface area contributed by atoms with Crippen LogP contribution in [0.25, 0.3) is 0 Å². The van der Waals surface area contributed by atoms with E-state index in [9.17, 15) is 0 Å². The third-order valence-corrected chi connectivity index (χ3v) is 3.47. The molecule has 0 radical (unpaired) electrons. The number of methoxy groups -OCH3 is 1. The number of nitrogens with zero attached hydrogens (tertiary/aromatic N) is 2. The first-order valence-electron chi connectivity index (χ1n) is 6.34.